The molecule has 0 rings (SSSR count). The maximum Gasteiger partial charge on any atom is 0.123 e. The number of nitrogens with one attached hydrogen (secondary N) is 1. The molecule has 0 fully saturated rings. The predicted molar refractivity (Wildman–Crippen MR) is 37.6 cm³/mol. The summed E-state index contributed by atoms with van der Waals surface area (Å²) in [6.07, 6.45) is 3.10. The highest BCUT2D eigenvalue weighted by Gasteiger charge is 1.95. The molecule has 0 aliphatic heterocycles. The van der Waals surface area contributed by atoms with E-state index >= 15 is 0 Å². The summed E-state index contributed by atoms with van der Waals surface area (Å²) in [4.78, 5) is 1.69. The Bertz CT molecular complexity index is 91.1. The number of hydrogen-bond donors (Lipinski definition) is 2. The van der Waals surface area contributed by atoms with Gasteiger partial charge in [-0.3, -0.25) is 0 Å². The average Bonchev–Trinajstić information content (AvgIpc) is 1.82. The van der Waals surface area contributed by atoms with Crippen molar-refractivity contribution >= 4 is 0 Å². The molecule has 0 heterocycles. The Balaban J connectivity index is 3.48. The molecule has 0 bridgehead atoms. The number of hydrogen-bond acceptors (Lipinski definition) is 3. The molecule has 3 nitrogen and oxygen atoms in total. The van der Waals surface area contributed by atoms with Gasteiger partial charge >= 0.3 is 0 Å². The van der Waals surface area contributed by atoms with Gasteiger partial charge in [-0.05, 0) is 6.92 Å². The molecule has 0 aromatic heterocycles. The van der Waals surface area contributed by atoms with Gasteiger partial charge in [-0.15, -0.1) is 0 Å². The van der Waals surface area contributed by atoms with Crippen LogP contribution < -0.4 is 5.32 Å². The van der Waals surface area contributed by atoms with Gasteiger partial charge in [0, 0.05) is 26.5 Å². The molecule has 3 heteroatoms. The maximum absolute atomic E-state index is 8.89. The third-order valence-corrected chi connectivity index (χ3v) is 1.07. The van der Waals surface area contributed by atoms with Crippen molar-refractivity contribution in [2.75, 3.05) is 14.1 Å². The molecule has 54 valence electrons. The van der Waals surface area contributed by atoms with Gasteiger partial charge in [0.25, 0.3) is 0 Å². The SMILES string of the molecule is CN/C=C\N(C)C(C)O. The van der Waals surface area contributed by atoms with Crippen molar-refractivity contribution in [1.82, 2.24) is 10.2 Å². The highest BCUT2D eigenvalue weighted by molar-refractivity contribution is 4.76. The lowest BCUT2D eigenvalue weighted by Crippen LogP contribution is -2.23. The van der Waals surface area contributed by atoms with E-state index in [2.05, 4.69) is 5.32 Å². The van der Waals surface area contributed by atoms with Gasteiger partial charge in [-0.2, -0.15) is 0 Å². The van der Waals surface area contributed by atoms with Crippen molar-refractivity contribution in [3.8, 4) is 0 Å². The van der Waals surface area contributed by atoms with E-state index in [0.29, 0.717) is 0 Å². The lowest BCUT2D eigenvalue weighted by atomic mass is 10.6. The van der Waals surface area contributed by atoms with Gasteiger partial charge in [0.2, 0.25) is 0 Å². The van der Waals surface area contributed by atoms with Gasteiger partial charge < -0.3 is 15.3 Å². The van der Waals surface area contributed by atoms with E-state index in [4.69, 9.17) is 5.11 Å². The van der Waals surface area contributed by atoms with Crippen LogP contribution in [0.5, 0.6) is 0 Å². The van der Waals surface area contributed by atoms with E-state index in [0.717, 1.165) is 0 Å². The second-order valence-electron chi connectivity index (χ2n) is 1.90. The van der Waals surface area contributed by atoms with Crippen LogP contribution >= 0.6 is 0 Å². The fraction of sp³-hybridized carbons (Fsp3) is 0.667. The lowest BCUT2D eigenvalue weighted by Gasteiger charge is -2.16. The monoisotopic (exact) mass is 130 g/mol. The molecule has 0 aliphatic rings. The van der Waals surface area contributed by atoms with Crippen LogP contribution in [0.4, 0.5) is 0 Å². The smallest absolute Gasteiger partial charge is 0.123 e. The summed E-state index contributed by atoms with van der Waals surface area (Å²) in [5.41, 5.74) is 0. The van der Waals surface area contributed by atoms with Crippen molar-refractivity contribution in [2.45, 2.75) is 13.2 Å². The van der Waals surface area contributed by atoms with Crippen molar-refractivity contribution in [3.05, 3.63) is 12.4 Å². The molecular formula is C6H14N2O. The molecule has 9 heavy (non-hydrogen) atoms. The highest BCUT2D eigenvalue weighted by Crippen LogP contribution is 1.88. The second kappa shape index (κ2) is 4.21. The molecule has 1 unspecified atom stereocenters. The molecule has 0 aromatic carbocycles. The average molecular weight is 130 g/mol. The highest BCUT2D eigenvalue weighted by atomic mass is 16.3. The molecule has 0 spiro atoms. The van der Waals surface area contributed by atoms with Crippen molar-refractivity contribution < 1.29 is 5.11 Å². The summed E-state index contributed by atoms with van der Waals surface area (Å²) in [7, 11) is 3.62. The van der Waals surface area contributed by atoms with Crippen LogP contribution in [0.2, 0.25) is 0 Å². The van der Waals surface area contributed by atoms with Gasteiger partial charge in [-0.1, -0.05) is 0 Å². The van der Waals surface area contributed by atoms with E-state index in [1.54, 1.807) is 31.3 Å². The first kappa shape index (κ1) is 8.30. The summed E-state index contributed by atoms with van der Waals surface area (Å²) in [6.45, 7) is 1.71. The molecule has 2 N–H and O–H groups in total. The number of nitrogens with zero attached hydrogens (tertiary/aromatic N) is 1. The van der Waals surface area contributed by atoms with E-state index in [-0.39, 0.29) is 0 Å². The summed E-state index contributed by atoms with van der Waals surface area (Å²) < 4.78 is 0. The summed E-state index contributed by atoms with van der Waals surface area (Å²) >= 11 is 0. The maximum atomic E-state index is 8.89. The predicted octanol–water partition coefficient (Wildman–Crippen LogP) is -0.0529. The van der Waals surface area contributed by atoms with Crippen LogP contribution in [-0.4, -0.2) is 30.3 Å². The summed E-state index contributed by atoms with van der Waals surface area (Å²) in [5, 5.41) is 11.7. The minimum absolute atomic E-state index is 0.422. The van der Waals surface area contributed by atoms with Crippen LogP contribution in [0.1, 0.15) is 6.92 Å². The Labute approximate surface area is 56.0 Å². The van der Waals surface area contributed by atoms with Crippen molar-refractivity contribution in [2.24, 2.45) is 0 Å². The zero-order valence-electron chi connectivity index (χ0n) is 6.13. The Kier molecular flexibility index (Phi) is 3.88. The Hall–Kier alpha value is -0.700. The Morgan fingerprint density at radius 1 is 1.67 bits per heavy atom. The van der Waals surface area contributed by atoms with Gasteiger partial charge in [0.1, 0.15) is 6.23 Å². The number of aliphatic hydroxyl groups excluding tert-OH is 1. The van der Waals surface area contributed by atoms with Gasteiger partial charge in [0.05, 0.1) is 0 Å². The number of rotatable bonds is 3. The third kappa shape index (κ3) is 3.85. The van der Waals surface area contributed by atoms with E-state index in [9.17, 15) is 0 Å². The molecular weight excluding hydrogens is 116 g/mol. The van der Waals surface area contributed by atoms with Gasteiger partial charge in [-0.25, -0.2) is 0 Å². The van der Waals surface area contributed by atoms with E-state index in [1.165, 1.54) is 0 Å². The van der Waals surface area contributed by atoms with E-state index in [1.807, 2.05) is 7.05 Å². The van der Waals surface area contributed by atoms with Crippen LogP contribution in [0, 0.1) is 0 Å². The van der Waals surface area contributed by atoms with Crippen LogP contribution in [0.25, 0.3) is 0 Å². The first-order valence-corrected chi connectivity index (χ1v) is 2.92. The number of aliphatic hydroxyl groups is 1. The van der Waals surface area contributed by atoms with Crippen molar-refractivity contribution in [3.63, 3.8) is 0 Å². The van der Waals surface area contributed by atoms with E-state index < -0.39 is 6.23 Å². The fourth-order valence-corrected chi connectivity index (χ4v) is 0.317. The van der Waals surface area contributed by atoms with Crippen molar-refractivity contribution in [1.29, 1.82) is 0 Å². The Morgan fingerprint density at radius 3 is 2.56 bits per heavy atom. The van der Waals surface area contributed by atoms with Gasteiger partial charge in [0.15, 0.2) is 0 Å². The largest absolute Gasteiger partial charge is 0.393 e. The molecule has 0 aliphatic carbocycles. The van der Waals surface area contributed by atoms with Crippen LogP contribution in [0.3, 0.4) is 0 Å². The Morgan fingerprint density at radius 2 is 2.22 bits per heavy atom. The van der Waals surface area contributed by atoms with Crippen LogP contribution in [-0.2, 0) is 0 Å². The molecule has 0 aromatic rings. The normalized spacial score (nSPS) is 13.8. The minimum Gasteiger partial charge on any atom is -0.393 e. The topological polar surface area (TPSA) is 35.5 Å². The lowest BCUT2D eigenvalue weighted by molar-refractivity contribution is 0.0725. The standard InChI is InChI=1S/C6H14N2O/c1-6(9)8(3)5-4-7-2/h4-7,9H,1-3H3/b5-4-. The zero-order valence-corrected chi connectivity index (χ0v) is 6.13. The quantitative estimate of drug-likeness (QED) is 0.526. The first-order chi connectivity index (χ1) is 4.18. The fourth-order valence-electron chi connectivity index (χ4n) is 0.317. The molecule has 0 radical (unpaired) electrons. The summed E-state index contributed by atoms with van der Waals surface area (Å²) in [5.74, 6) is 0. The molecule has 0 amide bonds. The zero-order chi connectivity index (χ0) is 7.28. The molecule has 0 saturated carbocycles. The summed E-state index contributed by atoms with van der Waals surface area (Å²) in [6, 6.07) is 0. The minimum atomic E-state index is -0.422. The molecule has 0 saturated heterocycles. The third-order valence-electron chi connectivity index (χ3n) is 1.07. The first-order valence-electron chi connectivity index (χ1n) is 2.92. The van der Waals surface area contributed by atoms with Crippen LogP contribution in [0.15, 0.2) is 12.4 Å². The second-order valence-corrected chi connectivity index (χ2v) is 1.90. The molecule has 1 atom stereocenters.